The Bertz CT molecular complexity index is 127. The Labute approximate surface area is 61.9 Å². The summed E-state index contributed by atoms with van der Waals surface area (Å²) in [6.45, 7) is 2.15. The van der Waals surface area contributed by atoms with Crippen molar-refractivity contribution < 1.29 is 5.21 Å². The fourth-order valence-electron chi connectivity index (χ4n) is 1.11. The molecule has 10 heavy (non-hydrogen) atoms. The molecular formula is C8H15NO. The number of hydrogen-bond donors (Lipinski definition) is 1. The lowest BCUT2D eigenvalue weighted by Gasteiger charge is -1.98. The van der Waals surface area contributed by atoms with E-state index < -0.39 is 0 Å². The van der Waals surface area contributed by atoms with Crippen LogP contribution in [0.2, 0.25) is 0 Å². The summed E-state index contributed by atoms with van der Waals surface area (Å²) in [5, 5.41) is 11.9. The second-order valence-corrected chi connectivity index (χ2v) is 2.97. The maximum Gasteiger partial charge on any atom is 0.0601 e. The van der Waals surface area contributed by atoms with Crippen molar-refractivity contribution in [2.24, 2.45) is 11.1 Å². The number of nitrogens with zero attached hydrogens (tertiary/aromatic N) is 1. The third kappa shape index (κ3) is 2.01. The topological polar surface area (TPSA) is 32.6 Å². The fraction of sp³-hybridized carbons (Fsp3) is 0.875. The van der Waals surface area contributed by atoms with Crippen molar-refractivity contribution in [3.63, 3.8) is 0 Å². The quantitative estimate of drug-likeness (QED) is 0.364. The van der Waals surface area contributed by atoms with E-state index in [1.54, 1.807) is 0 Å². The lowest BCUT2D eigenvalue weighted by atomic mass is 10.1. The highest BCUT2D eigenvalue weighted by atomic mass is 16.4. The van der Waals surface area contributed by atoms with Crippen molar-refractivity contribution in [1.29, 1.82) is 0 Å². The van der Waals surface area contributed by atoms with Gasteiger partial charge < -0.3 is 5.21 Å². The van der Waals surface area contributed by atoms with E-state index >= 15 is 0 Å². The molecule has 2 heteroatoms. The van der Waals surface area contributed by atoms with Crippen molar-refractivity contribution in [3.8, 4) is 0 Å². The first-order valence-electron chi connectivity index (χ1n) is 4.09. The third-order valence-corrected chi connectivity index (χ3v) is 1.96. The van der Waals surface area contributed by atoms with Gasteiger partial charge in [-0.15, -0.1) is 0 Å². The predicted molar refractivity (Wildman–Crippen MR) is 41.5 cm³/mol. The van der Waals surface area contributed by atoms with Crippen molar-refractivity contribution in [2.45, 2.75) is 39.0 Å². The second kappa shape index (κ2) is 3.59. The Morgan fingerprint density at radius 3 is 2.70 bits per heavy atom. The molecule has 0 aliphatic heterocycles. The molecule has 0 aromatic heterocycles. The van der Waals surface area contributed by atoms with E-state index in [1.807, 2.05) is 0 Å². The summed E-state index contributed by atoms with van der Waals surface area (Å²) in [6.07, 6.45) is 5.82. The van der Waals surface area contributed by atoms with Gasteiger partial charge in [0.1, 0.15) is 0 Å². The summed E-state index contributed by atoms with van der Waals surface area (Å²) < 4.78 is 0. The van der Waals surface area contributed by atoms with Crippen molar-refractivity contribution >= 4 is 5.71 Å². The monoisotopic (exact) mass is 141 g/mol. The Hall–Kier alpha value is -0.530. The highest BCUT2D eigenvalue weighted by molar-refractivity contribution is 5.88. The first kappa shape index (κ1) is 7.58. The Balaban J connectivity index is 2.20. The number of unbranched alkanes of at least 4 members (excludes halogenated alkanes) is 1. The van der Waals surface area contributed by atoms with Gasteiger partial charge in [0.15, 0.2) is 0 Å². The zero-order chi connectivity index (χ0) is 7.40. The maximum atomic E-state index is 8.55. The van der Waals surface area contributed by atoms with Gasteiger partial charge in [0.2, 0.25) is 0 Å². The molecule has 0 amide bonds. The van der Waals surface area contributed by atoms with Gasteiger partial charge in [0, 0.05) is 5.92 Å². The zero-order valence-electron chi connectivity index (χ0n) is 6.51. The van der Waals surface area contributed by atoms with Crippen LogP contribution in [0.15, 0.2) is 5.16 Å². The van der Waals surface area contributed by atoms with E-state index in [-0.39, 0.29) is 0 Å². The van der Waals surface area contributed by atoms with Gasteiger partial charge >= 0.3 is 0 Å². The largest absolute Gasteiger partial charge is 0.411 e. The molecule has 1 rings (SSSR count). The normalized spacial score (nSPS) is 19.5. The van der Waals surface area contributed by atoms with Gasteiger partial charge in [-0.3, -0.25) is 0 Å². The fourth-order valence-corrected chi connectivity index (χ4v) is 1.11. The second-order valence-electron chi connectivity index (χ2n) is 2.97. The van der Waals surface area contributed by atoms with Crippen LogP contribution in [-0.4, -0.2) is 10.9 Å². The van der Waals surface area contributed by atoms with Crippen molar-refractivity contribution in [1.82, 2.24) is 0 Å². The minimum Gasteiger partial charge on any atom is -0.411 e. The molecule has 0 atom stereocenters. The van der Waals surface area contributed by atoms with E-state index in [9.17, 15) is 0 Å². The van der Waals surface area contributed by atoms with Crippen molar-refractivity contribution in [2.75, 3.05) is 0 Å². The summed E-state index contributed by atoms with van der Waals surface area (Å²) in [6, 6.07) is 0. The number of rotatable bonds is 4. The molecule has 0 aromatic rings. The van der Waals surface area contributed by atoms with Crippen LogP contribution in [0.1, 0.15) is 39.0 Å². The lowest BCUT2D eigenvalue weighted by molar-refractivity contribution is 0.315. The summed E-state index contributed by atoms with van der Waals surface area (Å²) in [7, 11) is 0. The molecule has 1 aliphatic carbocycles. The minimum absolute atomic E-state index is 0.636. The third-order valence-electron chi connectivity index (χ3n) is 1.96. The van der Waals surface area contributed by atoms with Crippen LogP contribution in [-0.2, 0) is 0 Å². The Kier molecular flexibility index (Phi) is 2.72. The first-order chi connectivity index (χ1) is 4.88. The van der Waals surface area contributed by atoms with E-state index in [1.165, 1.54) is 19.3 Å². The maximum absolute atomic E-state index is 8.55. The molecule has 1 N–H and O–H groups in total. The van der Waals surface area contributed by atoms with Crippen LogP contribution in [0.25, 0.3) is 0 Å². The molecule has 0 radical (unpaired) electrons. The van der Waals surface area contributed by atoms with Gasteiger partial charge in [-0.1, -0.05) is 18.5 Å². The van der Waals surface area contributed by atoms with E-state index in [0.717, 1.165) is 18.6 Å². The smallest absolute Gasteiger partial charge is 0.0601 e. The molecular weight excluding hydrogens is 126 g/mol. The zero-order valence-corrected chi connectivity index (χ0v) is 6.51. The lowest BCUT2D eigenvalue weighted by Crippen LogP contribution is -2.00. The summed E-state index contributed by atoms with van der Waals surface area (Å²) >= 11 is 0. The molecule has 0 unspecified atom stereocenters. The summed E-state index contributed by atoms with van der Waals surface area (Å²) in [4.78, 5) is 0. The molecule has 1 saturated carbocycles. The average Bonchev–Trinajstić information content (AvgIpc) is 2.73. The minimum atomic E-state index is 0.636. The number of hydrogen-bond acceptors (Lipinski definition) is 2. The van der Waals surface area contributed by atoms with Crippen LogP contribution >= 0.6 is 0 Å². The molecule has 0 aromatic carbocycles. The summed E-state index contributed by atoms with van der Waals surface area (Å²) in [5.41, 5.74) is 1.03. The van der Waals surface area contributed by atoms with Gasteiger partial charge in [0.25, 0.3) is 0 Å². The van der Waals surface area contributed by atoms with Gasteiger partial charge in [-0.05, 0) is 25.7 Å². The highest BCUT2D eigenvalue weighted by Gasteiger charge is 2.27. The van der Waals surface area contributed by atoms with Crippen LogP contribution in [0, 0.1) is 5.92 Å². The van der Waals surface area contributed by atoms with Crippen LogP contribution in [0.4, 0.5) is 0 Å². The summed E-state index contributed by atoms with van der Waals surface area (Å²) in [5.74, 6) is 0.636. The van der Waals surface area contributed by atoms with Gasteiger partial charge in [0.05, 0.1) is 5.71 Å². The highest BCUT2D eigenvalue weighted by Crippen LogP contribution is 2.32. The van der Waals surface area contributed by atoms with E-state index in [2.05, 4.69) is 12.1 Å². The van der Waals surface area contributed by atoms with Gasteiger partial charge in [-0.2, -0.15) is 0 Å². The van der Waals surface area contributed by atoms with E-state index in [4.69, 9.17) is 5.21 Å². The van der Waals surface area contributed by atoms with Crippen LogP contribution in [0.5, 0.6) is 0 Å². The molecule has 1 aliphatic rings. The Morgan fingerprint density at radius 2 is 2.30 bits per heavy atom. The SMILES string of the molecule is CCCCC(=NO)C1CC1. The van der Waals surface area contributed by atoms with E-state index in [0.29, 0.717) is 5.92 Å². The average molecular weight is 141 g/mol. The van der Waals surface area contributed by atoms with Gasteiger partial charge in [-0.25, -0.2) is 0 Å². The standard InChI is InChI=1S/C8H15NO/c1-2-3-4-8(9-10)7-5-6-7/h7,10H,2-6H2,1H3. The van der Waals surface area contributed by atoms with Crippen LogP contribution < -0.4 is 0 Å². The Morgan fingerprint density at radius 1 is 1.60 bits per heavy atom. The molecule has 0 saturated heterocycles. The molecule has 58 valence electrons. The van der Waals surface area contributed by atoms with Crippen molar-refractivity contribution in [3.05, 3.63) is 0 Å². The molecule has 0 spiro atoms. The molecule has 0 bridgehead atoms. The molecule has 0 heterocycles. The number of oxime groups is 1. The van der Waals surface area contributed by atoms with Crippen LogP contribution in [0.3, 0.4) is 0 Å². The molecule has 1 fully saturated rings. The first-order valence-corrected chi connectivity index (χ1v) is 4.09. The molecule has 2 nitrogen and oxygen atoms in total. The predicted octanol–water partition coefficient (Wildman–Crippen LogP) is 2.42.